The molecule has 28 heavy (non-hydrogen) atoms. The number of nitro benzene ring substituents is 1. The van der Waals surface area contributed by atoms with Crippen LogP contribution in [0.5, 0.6) is 0 Å². The topological polar surface area (TPSA) is 102 Å². The number of non-ortho nitro benzene ring substituents is 1. The van der Waals surface area contributed by atoms with Crippen molar-refractivity contribution in [3.63, 3.8) is 0 Å². The Morgan fingerprint density at radius 2 is 1.71 bits per heavy atom. The van der Waals surface area contributed by atoms with Gasteiger partial charge in [-0.1, -0.05) is 29.8 Å². The lowest BCUT2D eigenvalue weighted by atomic mass is 10.2. The van der Waals surface area contributed by atoms with Crippen molar-refractivity contribution in [1.82, 2.24) is 9.71 Å². The molecule has 9 heteroatoms. The fourth-order valence-electron chi connectivity index (χ4n) is 2.61. The van der Waals surface area contributed by atoms with Crippen LogP contribution in [0.4, 0.5) is 5.69 Å². The number of nitro groups is 1. The van der Waals surface area contributed by atoms with Crippen LogP contribution in [0.15, 0.2) is 53.4 Å². The number of aryl methyl sites for hydroxylation is 2. The van der Waals surface area contributed by atoms with Gasteiger partial charge in [-0.25, -0.2) is 18.1 Å². The van der Waals surface area contributed by atoms with Crippen LogP contribution in [0.3, 0.4) is 0 Å². The van der Waals surface area contributed by atoms with Gasteiger partial charge in [-0.15, -0.1) is 11.3 Å². The molecule has 0 radical (unpaired) electrons. The van der Waals surface area contributed by atoms with Crippen molar-refractivity contribution in [3.05, 3.63) is 74.8 Å². The zero-order valence-corrected chi connectivity index (χ0v) is 17.0. The van der Waals surface area contributed by atoms with Crippen molar-refractivity contribution < 1.29 is 13.3 Å². The van der Waals surface area contributed by atoms with E-state index in [9.17, 15) is 18.5 Å². The van der Waals surface area contributed by atoms with Crippen molar-refractivity contribution in [2.75, 3.05) is 6.54 Å². The molecule has 7 nitrogen and oxygen atoms in total. The summed E-state index contributed by atoms with van der Waals surface area (Å²) in [6, 6.07) is 12.9. The number of hydrogen-bond donors (Lipinski definition) is 1. The third-order valence-corrected chi connectivity index (χ3v) is 6.94. The second-order valence-electron chi connectivity index (χ2n) is 6.29. The average molecular weight is 418 g/mol. The maximum atomic E-state index is 12.4. The van der Waals surface area contributed by atoms with Gasteiger partial charge in [0.1, 0.15) is 5.01 Å². The van der Waals surface area contributed by atoms with Crippen LogP contribution in [-0.2, 0) is 16.4 Å². The Hall–Kier alpha value is -2.62. The highest BCUT2D eigenvalue weighted by Gasteiger charge is 2.16. The molecule has 0 saturated heterocycles. The van der Waals surface area contributed by atoms with Crippen LogP contribution in [0.1, 0.15) is 16.1 Å². The van der Waals surface area contributed by atoms with Crippen molar-refractivity contribution in [1.29, 1.82) is 0 Å². The van der Waals surface area contributed by atoms with Crippen molar-refractivity contribution in [3.8, 4) is 10.6 Å². The van der Waals surface area contributed by atoms with Crippen LogP contribution < -0.4 is 4.72 Å². The highest BCUT2D eigenvalue weighted by Crippen LogP contribution is 2.28. The summed E-state index contributed by atoms with van der Waals surface area (Å²) in [5.41, 5.74) is 2.95. The van der Waals surface area contributed by atoms with E-state index in [0.29, 0.717) is 6.42 Å². The number of hydrogen-bond acceptors (Lipinski definition) is 6. The minimum atomic E-state index is -3.72. The fraction of sp³-hybridized carbons (Fsp3) is 0.211. The monoisotopic (exact) mass is 417 g/mol. The van der Waals surface area contributed by atoms with Gasteiger partial charge in [-0.05, 0) is 32.4 Å². The summed E-state index contributed by atoms with van der Waals surface area (Å²) in [7, 11) is -3.72. The SMILES string of the molecule is Cc1ccc(-c2nc(C)c(CCNS(=O)(=O)c3ccc([N+](=O)[O-])cc3)s2)cc1. The average Bonchev–Trinajstić information content (AvgIpc) is 3.03. The summed E-state index contributed by atoms with van der Waals surface area (Å²) in [6.45, 7) is 4.16. The molecular weight excluding hydrogens is 398 g/mol. The number of sulfonamides is 1. The van der Waals surface area contributed by atoms with Gasteiger partial charge >= 0.3 is 0 Å². The summed E-state index contributed by atoms with van der Waals surface area (Å²) in [6.07, 6.45) is 0.515. The van der Waals surface area contributed by atoms with E-state index in [2.05, 4.69) is 9.71 Å². The van der Waals surface area contributed by atoms with Gasteiger partial charge in [0.25, 0.3) is 5.69 Å². The largest absolute Gasteiger partial charge is 0.269 e. The lowest BCUT2D eigenvalue weighted by Crippen LogP contribution is -2.25. The van der Waals surface area contributed by atoms with Crippen LogP contribution in [0.2, 0.25) is 0 Å². The standard InChI is InChI=1S/C19H19N3O4S2/c1-13-3-5-15(6-4-13)19-21-14(2)18(27-19)11-12-20-28(25,26)17-9-7-16(8-10-17)22(23)24/h3-10,20H,11-12H2,1-2H3. The Morgan fingerprint density at radius 3 is 2.32 bits per heavy atom. The highest BCUT2D eigenvalue weighted by atomic mass is 32.2. The summed E-state index contributed by atoms with van der Waals surface area (Å²) >= 11 is 1.55. The number of aromatic nitrogens is 1. The summed E-state index contributed by atoms with van der Waals surface area (Å²) in [5, 5.41) is 11.6. The van der Waals surface area contributed by atoms with Gasteiger partial charge in [0.05, 0.1) is 15.5 Å². The predicted octanol–water partition coefficient (Wildman–Crippen LogP) is 3.86. The molecule has 0 atom stereocenters. The second-order valence-corrected chi connectivity index (χ2v) is 9.14. The number of benzene rings is 2. The van der Waals surface area contributed by atoms with E-state index in [4.69, 9.17) is 0 Å². The molecule has 0 saturated carbocycles. The van der Waals surface area contributed by atoms with Gasteiger partial charge < -0.3 is 0 Å². The molecule has 0 unspecified atom stereocenters. The Bertz CT molecular complexity index is 1090. The van der Waals surface area contributed by atoms with Crippen molar-refractivity contribution in [2.24, 2.45) is 0 Å². The van der Waals surface area contributed by atoms with E-state index in [0.717, 1.165) is 21.1 Å². The van der Waals surface area contributed by atoms with Gasteiger partial charge in [0.2, 0.25) is 10.0 Å². The predicted molar refractivity (Wildman–Crippen MR) is 109 cm³/mol. The molecule has 0 amide bonds. The Morgan fingerprint density at radius 1 is 1.07 bits per heavy atom. The highest BCUT2D eigenvalue weighted by molar-refractivity contribution is 7.89. The summed E-state index contributed by atoms with van der Waals surface area (Å²) in [4.78, 5) is 15.7. The first-order valence-corrected chi connectivity index (χ1v) is 10.8. The van der Waals surface area contributed by atoms with E-state index < -0.39 is 14.9 Å². The van der Waals surface area contributed by atoms with Crippen molar-refractivity contribution >= 4 is 27.0 Å². The molecule has 1 N–H and O–H groups in total. The van der Waals surface area contributed by atoms with Gasteiger partial charge in [0, 0.05) is 29.1 Å². The normalized spacial score (nSPS) is 11.5. The maximum absolute atomic E-state index is 12.4. The Labute approximate surface area is 167 Å². The molecule has 0 bridgehead atoms. The number of thiazole rings is 1. The summed E-state index contributed by atoms with van der Waals surface area (Å²) < 4.78 is 27.2. The van der Waals surface area contributed by atoms with Gasteiger partial charge in [-0.2, -0.15) is 0 Å². The van der Waals surface area contributed by atoms with Crippen LogP contribution in [0, 0.1) is 24.0 Å². The first kappa shape index (κ1) is 20.1. The smallest absolute Gasteiger partial charge is 0.258 e. The molecule has 0 aliphatic heterocycles. The lowest BCUT2D eigenvalue weighted by molar-refractivity contribution is -0.384. The quantitative estimate of drug-likeness (QED) is 0.465. The van der Waals surface area contributed by atoms with Gasteiger partial charge in [-0.3, -0.25) is 10.1 Å². The van der Waals surface area contributed by atoms with Crippen molar-refractivity contribution in [2.45, 2.75) is 25.2 Å². The number of rotatable bonds is 7. The Kier molecular flexibility index (Phi) is 5.87. The van der Waals surface area contributed by atoms with Gasteiger partial charge in [0.15, 0.2) is 0 Å². The molecule has 1 aromatic heterocycles. The zero-order chi connectivity index (χ0) is 20.3. The van der Waals surface area contributed by atoms with Crippen LogP contribution in [0.25, 0.3) is 10.6 Å². The fourth-order valence-corrected chi connectivity index (χ4v) is 4.71. The third kappa shape index (κ3) is 4.61. The molecule has 0 aliphatic carbocycles. The van der Waals surface area contributed by atoms with E-state index >= 15 is 0 Å². The molecule has 0 fully saturated rings. The molecule has 1 heterocycles. The first-order chi connectivity index (χ1) is 13.3. The molecule has 2 aromatic carbocycles. The van der Waals surface area contributed by atoms with Crippen LogP contribution in [-0.4, -0.2) is 24.9 Å². The van der Waals surface area contributed by atoms with Crippen LogP contribution >= 0.6 is 11.3 Å². The molecular formula is C19H19N3O4S2. The minimum Gasteiger partial charge on any atom is -0.258 e. The number of nitrogens with one attached hydrogen (secondary N) is 1. The number of nitrogens with zero attached hydrogens (tertiary/aromatic N) is 2. The maximum Gasteiger partial charge on any atom is 0.269 e. The lowest BCUT2D eigenvalue weighted by Gasteiger charge is -2.06. The Balaban J connectivity index is 1.65. The first-order valence-electron chi connectivity index (χ1n) is 8.54. The molecule has 0 spiro atoms. The minimum absolute atomic E-state index is 0.000490. The zero-order valence-electron chi connectivity index (χ0n) is 15.4. The second kappa shape index (κ2) is 8.17. The molecule has 0 aliphatic rings. The molecule has 3 rings (SSSR count). The molecule has 146 valence electrons. The summed E-state index contributed by atoms with van der Waals surface area (Å²) in [5.74, 6) is 0. The van der Waals surface area contributed by atoms with E-state index in [1.807, 2.05) is 38.1 Å². The van der Waals surface area contributed by atoms with E-state index in [1.165, 1.54) is 29.8 Å². The molecule has 3 aromatic rings. The van der Waals surface area contributed by atoms with E-state index in [1.54, 1.807) is 11.3 Å². The third-order valence-electron chi connectivity index (χ3n) is 4.19. The van der Waals surface area contributed by atoms with E-state index in [-0.39, 0.29) is 17.1 Å².